The number of aliphatic imine (C=N–C) groups is 1. The highest BCUT2D eigenvalue weighted by Crippen LogP contribution is 2.27. The molecule has 0 atom stereocenters. The summed E-state index contributed by atoms with van der Waals surface area (Å²) in [6.07, 6.45) is 1.61. The van der Waals surface area contributed by atoms with Gasteiger partial charge >= 0.3 is 5.97 Å². The summed E-state index contributed by atoms with van der Waals surface area (Å²) in [7, 11) is 0. The van der Waals surface area contributed by atoms with E-state index in [4.69, 9.17) is 9.47 Å². The summed E-state index contributed by atoms with van der Waals surface area (Å²) < 4.78 is 11.3. The smallest absolute Gasteiger partial charge is 0.363 e. The van der Waals surface area contributed by atoms with Gasteiger partial charge in [-0.2, -0.15) is 0 Å². The summed E-state index contributed by atoms with van der Waals surface area (Å²) >= 11 is 0. The fraction of sp³-hybridized carbons (Fsp3) is 0.120. The second-order valence-corrected chi connectivity index (χ2v) is 7.41. The van der Waals surface area contributed by atoms with Gasteiger partial charge in [0, 0.05) is 22.8 Å². The van der Waals surface area contributed by atoms with E-state index in [1.165, 1.54) is 12.1 Å². The molecule has 3 aromatic rings. The minimum absolute atomic E-state index is 0.00544. The third-order valence-corrected chi connectivity index (χ3v) is 4.95. The number of nitro benzene ring substituents is 1. The lowest BCUT2D eigenvalue weighted by molar-refractivity contribution is -0.385. The molecule has 3 aromatic carbocycles. The van der Waals surface area contributed by atoms with Gasteiger partial charge in [-0.25, -0.2) is 9.79 Å². The van der Waals surface area contributed by atoms with E-state index in [0.29, 0.717) is 29.0 Å². The Hall–Kier alpha value is -4.26. The fourth-order valence-corrected chi connectivity index (χ4v) is 3.37. The molecule has 160 valence electrons. The number of benzene rings is 3. The predicted octanol–water partition coefficient (Wildman–Crippen LogP) is 5.14. The zero-order valence-electron chi connectivity index (χ0n) is 17.6. The molecular weight excluding hydrogens is 408 g/mol. The quantitative estimate of drug-likeness (QED) is 0.235. The lowest BCUT2D eigenvalue weighted by Crippen LogP contribution is -2.06. The Labute approximate surface area is 184 Å². The Balaban J connectivity index is 1.59. The molecule has 32 heavy (non-hydrogen) atoms. The van der Waals surface area contributed by atoms with Crippen LogP contribution in [0.15, 0.2) is 77.4 Å². The number of hydrogen-bond acceptors (Lipinski definition) is 6. The Morgan fingerprint density at radius 1 is 1.06 bits per heavy atom. The summed E-state index contributed by atoms with van der Waals surface area (Å²) in [6.45, 7) is 4.04. The van der Waals surface area contributed by atoms with Gasteiger partial charge < -0.3 is 9.47 Å². The zero-order valence-corrected chi connectivity index (χ0v) is 17.6. The second kappa shape index (κ2) is 8.85. The minimum atomic E-state index is -0.593. The van der Waals surface area contributed by atoms with Gasteiger partial charge in [0.1, 0.15) is 12.4 Å². The maximum absolute atomic E-state index is 12.4. The van der Waals surface area contributed by atoms with Crippen molar-refractivity contribution >= 4 is 23.6 Å². The highest BCUT2D eigenvalue weighted by Gasteiger charge is 2.25. The van der Waals surface area contributed by atoms with Crippen LogP contribution < -0.4 is 4.74 Å². The van der Waals surface area contributed by atoms with Crippen LogP contribution in [0.2, 0.25) is 0 Å². The van der Waals surface area contributed by atoms with Gasteiger partial charge in [-0.1, -0.05) is 48.0 Å². The van der Waals surface area contributed by atoms with Crippen LogP contribution in [0.5, 0.6) is 5.75 Å². The topological polar surface area (TPSA) is 91.0 Å². The Kier molecular flexibility index (Phi) is 5.81. The van der Waals surface area contributed by atoms with Crippen molar-refractivity contribution < 1.29 is 19.2 Å². The number of esters is 1. The third-order valence-electron chi connectivity index (χ3n) is 4.95. The molecule has 0 aliphatic carbocycles. The van der Waals surface area contributed by atoms with Gasteiger partial charge in [-0.15, -0.1) is 0 Å². The average Bonchev–Trinajstić information content (AvgIpc) is 3.13. The van der Waals surface area contributed by atoms with Crippen LogP contribution in [0, 0.1) is 24.0 Å². The van der Waals surface area contributed by atoms with E-state index in [-0.39, 0.29) is 17.3 Å². The zero-order chi connectivity index (χ0) is 22.7. The molecule has 0 spiro atoms. The SMILES string of the molecule is Cc1cccc(COc2ccccc2/C=C2\N=C(c3ccc([N+](=O)[O-])c(C)c3)OC2=O)c1. The van der Waals surface area contributed by atoms with Crippen molar-refractivity contribution in [3.63, 3.8) is 0 Å². The first kappa shape index (κ1) is 21.0. The number of hydrogen-bond donors (Lipinski definition) is 0. The van der Waals surface area contributed by atoms with E-state index in [9.17, 15) is 14.9 Å². The van der Waals surface area contributed by atoms with Crippen LogP contribution in [0.4, 0.5) is 5.69 Å². The van der Waals surface area contributed by atoms with Gasteiger partial charge in [-0.05, 0) is 43.7 Å². The number of nitrogens with zero attached hydrogens (tertiary/aromatic N) is 2. The molecule has 0 saturated carbocycles. The average molecular weight is 428 g/mol. The third kappa shape index (κ3) is 4.57. The number of para-hydroxylation sites is 1. The number of carbonyl (C=O) groups is 1. The first-order valence-electron chi connectivity index (χ1n) is 9.96. The predicted molar refractivity (Wildman–Crippen MR) is 120 cm³/mol. The molecule has 1 aliphatic rings. The summed E-state index contributed by atoms with van der Waals surface area (Å²) in [5.41, 5.74) is 3.96. The van der Waals surface area contributed by atoms with Crippen LogP contribution in [0.1, 0.15) is 27.8 Å². The van der Waals surface area contributed by atoms with Crippen molar-refractivity contribution in [3.8, 4) is 5.75 Å². The number of nitro groups is 1. The number of rotatable bonds is 6. The molecule has 7 heteroatoms. The van der Waals surface area contributed by atoms with Gasteiger partial charge in [0.05, 0.1) is 4.92 Å². The highest BCUT2D eigenvalue weighted by atomic mass is 16.6. The lowest BCUT2D eigenvalue weighted by atomic mass is 10.1. The van der Waals surface area contributed by atoms with Crippen LogP contribution >= 0.6 is 0 Å². The van der Waals surface area contributed by atoms with E-state index in [1.807, 2.05) is 49.4 Å². The molecule has 0 N–H and O–H groups in total. The first-order valence-corrected chi connectivity index (χ1v) is 9.96. The molecule has 4 rings (SSSR count). The normalized spacial score (nSPS) is 14.2. The van der Waals surface area contributed by atoms with Crippen LogP contribution in [0.25, 0.3) is 6.08 Å². The molecule has 1 aliphatic heterocycles. The molecule has 0 amide bonds. The maximum atomic E-state index is 12.4. The molecule has 0 unspecified atom stereocenters. The van der Waals surface area contributed by atoms with Crippen LogP contribution in [0.3, 0.4) is 0 Å². The van der Waals surface area contributed by atoms with Crippen LogP contribution in [-0.2, 0) is 16.1 Å². The Morgan fingerprint density at radius 2 is 1.88 bits per heavy atom. The minimum Gasteiger partial charge on any atom is -0.488 e. The maximum Gasteiger partial charge on any atom is 0.363 e. The summed E-state index contributed by atoms with van der Waals surface area (Å²) in [5, 5.41) is 11.0. The van der Waals surface area contributed by atoms with Gasteiger partial charge in [0.2, 0.25) is 5.90 Å². The number of ether oxygens (including phenoxy) is 2. The molecule has 0 aromatic heterocycles. The highest BCUT2D eigenvalue weighted by molar-refractivity contribution is 6.13. The second-order valence-electron chi connectivity index (χ2n) is 7.41. The standard InChI is InChI=1S/C25H20N2O5/c1-16-6-5-7-18(12-16)15-31-23-9-4-3-8-19(23)14-21-25(28)32-24(26-21)20-10-11-22(27(29)30)17(2)13-20/h3-14H,15H2,1-2H3/b21-14-. The molecular formula is C25H20N2O5. The van der Waals surface area contributed by atoms with Crippen molar-refractivity contribution in [2.45, 2.75) is 20.5 Å². The molecule has 0 bridgehead atoms. The molecule has 0 fully saturated rings. The van der Waals surface area contributed by atoms with Crippen molar-refractivity contribution in [2.24, 2.45) is 4.99 Å². The Morgan fingerprint density at radius 3 is 2.62 bits per heavy atom. The van der Waals surface area contributed by atoms with E-state index in [2.05, 4.69) is 11.1 Å². The van der Waals surface area contributed by atoms with Gasteiger partial charge in [-0.3, -0.25) is 10.1 Å². The first-order chi connectivity index (χ1) is 15.4. The van der Waals surface area contributed by atoms with Crippen molar-refractivity contribution in [1.82, 2.24) is 0 Å². The fourth-order valence-electron chi connectivity index (χ4n) is 3.37. The monoisotopic (exact) mass is 428 g/mol. The molecule has 1 heterocycles. The largest absolute Gasteiger partial charge is 0.488 e. The van der Waals surface area contributed by atoms with E-state index in [1.54, 1.807) is 19.1 Å². The molecule has 7 nitrogen and oxygen atoms in total. The molecule has 0 saturated heterocycles. The van der Waals surface area contributed by atoms with Crippen molar-refractivity contribution in [2.75, 3.05) is 0 Å². The number of carbonyl (C=O) groups excluding carboxylic acids is 1. The summed E-state index contributed by atoms with van der Waals surface area (Å²) in [6, 6.07) is 19.9. The van der Waals surface area contributed by atoms with Gasteiger partial charge in [0.25, 0.3) is 5.69 Å². The summed E-state index contributed by atoms with van der Waals surface area (Å²) in [5.74, 6) is 0.131. The van der Waals surface area contributed by atoms with Crippen molar-refractivity contribution in [1.29, 1.82) is 0 Å². The number of aryl methyl sites for hydroxylation is 2. The molecule has 0 radical (unpaired) electrons. The van der Waals surface area contributed by atoms with E-state index in [0.717, 1.165) is 11.1 Å². The van der Waals surface area contributed by atoms with E-state index < -0.39 is 10.9 Å². The van der Waals surface area contributed by atoms with Gasteiger partial charge in [0.15, 0.2) is 5.70 Å². The number of cyclic esters (lactones) is 1. The van der Waals surface area contributed by atoms with E-state index >= 15 is 0 Å². The Bertz CT molecular complexity index is 1280. The lowest BCUT2D eigenvalue weighted by Gasteiger charge is -2.09. The summed E-state index contributed by atoms with van der Waals surface area (Å²) in [4.78, 5) is 27.3. The van der Waals surface area contributed by atoms with Crippen LogP contribution in [-0.4, -0.2) is 16.8 Å². The van der Waals surface area contributed by atoms with Crippen molar-refractivity contribution in [3.05, 3.63) is 110 Å².